The highest BCUT2D eigenvalue weighted by molar-refractivity contribution is 5.06. The Hall–Kier alpha value is -0.0400. The fraction of sp³-hybridized carbons (Fsp3) is 0.889. The molecule has 2 aliphatic carbocycles. The smallest absolute Gasteiger partial charge is 0.0212 e. The maximum atomic E-state index is 6.12. The van der Waals surface area contributed by atoms with Gasteiger partial charge >= 0.3 is 0 Å². The van der Waals surface area contributed by atoms with Crippen LogP contribution in [0.3, 0.4) is 0 Å². The van der Waals surface area contributed by atoms with Crippen molar-refractivity contribution in [3.63, 3.8) is 0 Å². The summed E-state index contributed by atoms with van der Waals surface area (Å²) >= 11 is 0. The van der Waals surface area contributed by atoms with E-state index >= 15 is 0 Å². The number of rotatable bonds is 2. The predicted molar refractivity (Wildman–Crippen MR) is 42.3 cm³/mol. The van der Waals surface area contributed by atoms with Crippen LogP contribution in [0.4, 0.5) is 0 Å². The molecule has 2 N–H and O–H groups in total. The van der Waals surface area contributed by atoms with Gasteiger partial charge in [0.1, 0.15) is 0 Å². The first-order valence-corrected chi connectivity index (χ1v) is 4.35. The van der Waals surface area contributed by atoms with Crippen LogP contribution in [-0.2, 0) is 0 Å². The molecular weight excluding hydrogens is 122 g/mol. The molecule has 0 aliphatic heterocycles. The van der Waals surface area contributed by atoms with Crippen molar-refractivity contribution in [1.29, 1.82) is 0 Å². The van der Waals surface area contributed by atoms with Crippen molar-refractivity contribution >= 4 is 0 Å². The Kier molecular flexibility index (Phi) is 1.31. The average Bonchev–Trinajstić information content (AvgIpc) is 2.32. The Labute approximate surface area is 63.0 Å². The standard InChI is InChI=1S/C9H16N/c1-9(10,8-5-6-8)7-3-2-4-7/h7-8H,1-6,10H2. The molecule has 0 bridgehead atoms. The second kappa shape index (κ2) is 1.97. The van der Waals surface area contributed by atoms with Gasteiger partial charge in [-0.25, -0.2) is 0 Å². The predicted octanol–water partition coefficient (Wildman–Crippen LogP) is 1.73. The van der Waals surface area contributed by atoms with Gasteiger partial charge in [-0.2, -0.15) is 0 Å². The Morgan fingerprint density at radius 1 is 1.10 bits per heavy atom. The summed E-state index contributed by atoms with van der Waals surface area (Å²) in [4.78, 5) is 0. The minimum absolute atomic E-state index is 0.0434. The van der Waals surface area contributed by atoms with Gasteiger partial charge in [-0.15, -0.1) is 0 Å². The fourth-order valence-corrected chi connectivity index (χ4v) is 1.90. The van der Waals surface area contributed by atoms with Gasteiger partial charge < -0.3 is 5.73 Å². The van der Waals surface area contributed by atoms with Crippen LogP contribution in [0.5, 0.6) is 0 Å². The van der Waals surface area contributed by atoms with Gasteiger partial charge in [0, 0.05) is 5.54 Å². The SMILES string of the molecule is [CH2]C(N)(C1CCC1)C1CC1. The highest BCUT2D eigenvalue weighted by Crippen LogP contribution is 2.47. The van der Waals surface area contributed by atoms with E-state index in [1.807, 2.05) is 0 Å². The number of hydrogen-bond acceptors (Lipinski definition) is 1. The molecule has 1 radical (unpaired) electrons. The summed E-state index contributed by atoms with van der Waals surface area (Å²) in [5.41, 5.74) is 6.07. The topological polar surface area (TPSA) is 26.0 Å². The molecule has 1 heteroatoms. The van der Waals surface area contributed by atoms with Gasteiger partial charge in [-0.3, -0.25) is 0 Å². The van der Waals surface area contributed by atoms with E-state index in [0.29, 0.717) is 0 Å². The monoisotopic (exact) mass is 138 g/mol. The average molecular weight is 138 g/mol. The van der Waals surface area contributed by atoms with Crippen molar-refractivity contribution in [2.75, 3.05) is 0 Å². The van der Waals surface area contributed by atoms with Crippen LogP contribution in [-0.4, -0.2) is 5.54 Å². The second-order valence-corrected chi connectivity index (χ2v) is 4.01. The normalized spacial score (nSPS) is 33.0. The molecule has 1 unspecified atom stereocenters. The zero-order chi connectivity index (χ0) is 7.19. The Balaban J connectivity index is 1.97. The van der Waals surface area contributed by atoms with E-state index in [9.17, 15) is 0 Å². The first kappa shape index (κ1) is 6.66. The largest absolute Gasteiger partial charge is 0.325 e. The van der Waals surface area contributed by atoms with E-state index < -0.39 is 0 Å². The van der Waals surface area contributed by atoms with Crippen molar-refractivity contribution in [2.45, 2.75) is 37.6 Å². The number of nitrogens with two attached hydrogens (primary N) is 1. The zero-order valence-electron chi connectivity index (χ0n) is 6.47. The summed E-state index contributed by atoms with van der Waals surface area (Å²) in [6, 6.07) is 0. The highest BCUT2D eigenvalue weighted by atomic mass is 14.8. The van der Waals surface area contributed by atoms with E-state index in [2.05, 4.69) is 6.92 Å². The molecule has 1 nitrogen and oxygen atoms in total. The fourth-order valence-electron chi connectivity index (χ4n) is 1.90. The molecule has 2 fully saturated rings. The molecule has 57 valence electrons. The molecule has 0 aromatic heterocycles. The molecule has 10 heavy (non-hydrogen) atoms. The first-order valence-electron chi connectivity index (χ1n) is 4.35. The molecule has 0 aromatic carbocycles. The molecule has 1 atom stereocenters. The van der Waals surface area contributed by atoms with Crippen molar-refractivity contribution in [3.8, 4) is 0 Å². The third kappa shape index (κ3) is 0.878. The van der Waals surface area contributed by atoms with Crippen LogP contribution in [0.15, 0.2) is 0 Å². The molecule has 0 aromatic rings. The van der Waals surface area contributed by atoms with Crippen LogP contribution in [0.2, 0.25) is 0 Å². The summed E-state index contributed by atoms with van der Waals surface area (Å²) < 4.78 is 0. The summed E-state index contributed by atoms with van der Waals surface area (Å²) in [6.45, 7) is 4.13. The maximum absolute atomic E-state index is 6.12. The summed E-state index contributed by atoms with van der Waals surface area (Å²) in [7, 11) is 0. The van der Waals surface area contributed by atoms with Gasteiger partial charge in [0.05, 0.1) is 0 Å². The van der Waals surface area contributed by atoms with Crippen LogP contribution in [0.25, 0.3) is 0 Å². The van der Waals surface area contributed by atoms with Gasteiger partial charge in [0.15, 0.2) is 0 Å². The molecule has 2 aliphatic rings. The van der Waals surface area contributed by atoms with Crippen LogP contribution in [0.1, 0.15) is 32.1 Å². The quantitative estimate of drug-likeness (QED) is 0.618. The Morgan fingerprint density at radius 2 is 1.60 bits per heavy atom. The first-order chi connectivity index (χ1) is 4.71. The lowest BCUT2D eigenvalue weighted by molar-refractivity contribution is 0.183. The Morgan fingerprint density at radius 3 is 1.90 bits per heavy atom. The van der Waals surface area contributed by atoms with Crippen LogP contribution >= 0.6 is 0 Å². The number of hydrogen-bond donors (Lipinski definition) is 1. The molecule has 2 rings (SSSR count). The van der Waals surface area contributed by atoms with Crippen LogP contribution in [0, 0.1) is 18.8 Å². The summed E-state index contributed by atoms with van der Waals surface area (Å²) in [5, 5.41) is 0. The molecule has 0 amide bonds. The lowest BCUT2D eigenvalue weighted by Crippen LogP contribution is -2.49. The van der Waals surface area contributed by atoms with Gasteiger partial charge in [0.25, 0.3) is 0 Å². The van der Waals surface area contributed by atoms with E-state index in [1.54, 1.807) is 0 Å². The second-order valence-electron chi connectivity index (χ2n) is 4.01. The third-order valence-electron chi connectivity index (χ3n) is 3.20. The van der Waals surface area contributed by atoms with Gasteiger partial charge in [-0.1, -0.05) is 6.42 Å². The Bertz CT molecular complexity index is 132. The molecule has 0 heterocycles. The van der Waals surface area contributed by atoms with Gasteiger partial charge in [0.2, 0.25) is 0 Å². The zero-order valence-corrected chi connectivity index (χ0v) is 6.47. The molecule has 0 saturated heterocycles. The maximum Gasteiger partial charge on any atom is 0.0212 e. The van der Waals surface area contributed by atoms with Crippen LogP contribution < -0.4 is 5.73 Å². The molecule has 2 saturated carbocycles. The molecular formula is C9H16N. The van der Waals surface area contributed by atoms with E-state index in [-0.39, 0.29) is 5.54 Å². The van der Waals surface area contributed by atoms with Crippen molar-refractivity contribution < 1.29 is 0 Å². The summed E-state index contributed by atoms with van der Waals surface area (Å²) in [5.74, 6) is 1.51. The van der Waals surface area contributed by atoms with Crippen molar-refractivity contribution in [1.82, 2.24) is 0 Å². The minimum Gasteiger partial charge on any atom is -0.325 e. The van der Waals surface area contributed by atoms with E-state index in [0.717, 1.165) is 11.8 Å². The van der Waals surface area contributed by atoms with Crippen molar-refractivity contribution in [3.05, 3.63) is 6.92 Å². The van der Waals surface area contributed by atoms with Crippen molar-refractivity contribution in [2.24, 2.45) is 17.6 Å². The summed E-state index contributed by atoms with van der Waals surface area (Å²) in [6.07, 6.45) is 6.70. The highest BCUT2D eigenvalue weighted by Gasteiger charge is 2.45. The molecule has 0 spiro atoms. The third-order valence-corrected chi connectivity index (χ3v) is 3.20. The lowest BCUT2D eigenvalue weighted by atomic mass is 9.70. The minimum atomic E-state index is -0.0434. The van der Waals surface area contributed by atoms with E-state index in [4.69, 9.17) is 5.73 Å². The van der Waals surface area contributed by atoms with E-state index in [1.165, 1.54) is 32.1 Å². The lowest BCUT2D eigenvalue weighted by Gasteiger charge is -2.40. The van der Waals surface area contributed by atoms with Gasteiger partial charge in [-0.05, 0) is 44.4 Å².